The molecular formula is C49H74O10. The molecule has 0 aromatic heterocycles. The van der Waals surface area contributed by atoms with Crippen molar-refractivity contribution in [2.45, 2.75) is 153 Å². The highest BCUT2D eigenvalue weighted by molar-refractivity contribution is 5.70. The molecule has 0 radical (unpaired) electrons. The maximum Gasteiger partial charge on any atom is 0.306 e. The summed E-state index contributed by atoms with van der Waals surface area (Å²) < 4.78 is 22.0. The summed E-state index contributed by atoms with van der Waals surface area (Å²) in [6, 6.07) is 0. The Bertz CT molecular complexity index is 1370. The number of hydrogen-bond donors (Lipinski definition) is 4. The van der Waals surface area contributed by atoms with E-state index in [0.717, 1.165) is 64.2 Å². The third-order valence-corrected chi connectivity index (χ3v) is 8.84. The van der Waals surface area contributed by atoms with Crippen LogP contribution in [0.25, 0.3) is 0 Å². The summed E-state index contributed by atoms with van der Waals surface area (Å²) >= 11 is 0. The predicted octanol–water partition coefficient (Wildman–Crippen LogP) is 9.10. The van der Waals surface area contributed by atoms with Gasteiger partial charge in [-0.15, -0.1) is 0 Å². The van der Waals surface area contributed by atoms with Gasteiger partial charge >= 0.3 is 11.9 Å². The first-order chi connectivity index (χ1) is 28.8. The van der Waals surface area contributed by atoms with Crippen LogP contribution in [0.5, 0.6) is 0 Å². The number of unbranched alkanes of at least 4 members (excludes halogenated alkanes) is 2. The molecule has 0 aromatic carbocycles. The van der Waals surface area contributed by atoms with Gasteiger partial charge in [0.15, 0.2) is 12.4 Å². The number of rotatable bonds is 33. The summed E-state index contributed by atoms with van der Waals surface area (Å²) in [6.07, 6.45) is 46.4. The molecule has 0 bridgehead atoms. The van der Waals surface area contributed by atoms with E-state index in [2.05, 4.69) is 123 Å². The number of carbonyl (C=O) groups is 2. The lowest BCUT2D eigenvalue weighted by Gasteiger charge is -2.39. The molecule has 1 aliphatic heterocycles. The first kappa shape index (κ1) is 53.1. The van der Waals surface area contributed by atoms with Crippen LogP contribution in [0.1, 0.15) is 117 Å². The Morgan fingerprint density at radius 1 is 0.525 bits per heavy atom. The van der Waals surface area contributed by atoms with Crippen molar-refractivity contribution in [3.8, 4) is 0 Å². The van der Waals surface area contributed by atoms with Crippen LogP contribution in [0.15, 0.2) is 122 Å². The standard InChI is InChI=1S/C49H74O10/c1-3-5-7-9-11-13-15-17-19-21-23-25-27-29-31-33-35-37-44(51)56-40-42(41-57-49-48(55)47(54)46(53)43(39-50)59-49)58-45(52)38-36-34-32-30-28-26-24-22-20-18-16-14-12-10-8-6-4-2/h5-8,11-14,17-20,23-26,29-32,42-43,46-50,53-55H,3-4,9-10,15-16,21-22,27-28,33-41H2,1-2H3/b7-5-,8-6-,13-11-,14-12-,19-17-,20-18-,25-23-,26-24-,31-29-,32-30-/t42-,43-,46+,47+,48-,49-/m1/s1. The zero-order chi connectivity index (χ0) is 43.0. The maximum atomic E-state index is 12.7. The van der Waals surface area contributed by atoms with Crippen LogP contribution in [-0.2, 0) is 28.5 Å². The van der Waals surface area contributed by atoms with Crippen LogP contribution in [0.3, 0.4) is 0 Å². The van der Waals surface area contributed by atoms with E-state index in [-0.39, 0.29) is 26.1 Å². The van der Waals surface area contributed by atoms with Crippen LogP contribution in [0.4, 0.5) is 0 Å². The van der Waals surface area contributed by atoms with Crippen LogP contribution in [0.2, 0.25) is 0 Å². The van der Waals surface area contributed by atoms with Crippen LogP contribution in [-0.4, -0.2) is 89.0 Å². The molecule has 10 heteroatoms. The van der Waals surface area contributed by atoms with E-state index in [1.54, 1.807) is 0 Å². The highest BCUT2D eigenvalue weighted by atomic mass is 16.7. The van der Waals surface area contributed by atoms with E-state index < -0.39 is 55.4 Å². The maximum absolute atomic E-state index is 12.7. The molecule has 0 aromatic rings. The fraction of sp³-hybridized carbons (Fsp3) is 0.551. The molecule has 10 nitrogen and oxygen atoms in total. The van der Waals surface area contributed by atoms with Gasteiger partial charge in [-0.05, 0) is 89.9 Å². The molecule has 0 saturated carbocycles. The highest BCUT2D eigenvalue weighted by Crippen LogP contribution is 2.22. The summed E-state index contributed by atoms with van der Waals surface area (Å²) in [5.41, 5.74) is 0. The van der Waals surface area contributed by atoms with Crippen molar-refractivity contribution < 1.29 is 49.0 Å². The van der Waals surface area contributed by atoms with E-state index in [9.17, 15) is 30.0 Å². The van der Waals surface area contributed by atoms with Crippen molar-refractivity contribution in [3.63, 3.8) is 0 Å². The number of hydrogen-bond acceptors (Lipinski definition) is 10. The van der Waals surface area contributed by atoms with Crippen LogP contribution >= 0.6 is 0 Å². The molecule has 330 valence electrons. The molecule has 0 amide bonds. The van der Waals surface area contributed by atoms with Gasteiger partial charge in [-0.25, -0.2) is 0 Å². The summed E-state index contributed by atoms with van der Waals surface area (Å²) in [4.78, 5) is 25.3. The minimum Gasteiger partial charge on any atom is -0.462 e. The zero-order valence-electron chi connectivity index (χ0n) is 35.7. The van der Waals surface area contributed by atoms with Crippen LogP contribution < -0.4 is 0 Å². The summed E-state index contributed by atoms with van der Waals surface area (Å²) in [5, 5.41) is 40.0. The molecular weight excluding hydrogens is 749 g/mol. The normalized spacial score (nSPS) is 21.2. The fourth-order valence-electron chi connectivity index (χ4n) is 5.49. The summed E-state index contributed by atoms with van der Waals surface area (Å²) in [6.45, 7) is 3.04. The Hall–Kier alpha value is -3.90. The van der Waals surface area contributed by atoms with E-state index in [4.69, 9.17) is 18.9 Å². The summed E-state index contributed by atoms with van der Waals surface area (Å²) in [5.74, 6) is -0.959. The Labute approximate surface area is 354 Å². The topological polar surface area (TPSA) is 152 Å². The Morgan fingerprint density at radius 2 is 0.915 bits per heavy atom. The van der Waals surface area contributed by atoms with Crippen molar-refractivity contribution >= 4 is 11.9 Å². The average Bonchev–Trinajstić information content (AvgIpc) is 3.23. The quantitative estimate of drug-likeness (QED) is 0.0287. The minimum absolute atomic E-state index is 0.131. The summed E-state index contributed by atoms with van der Waals surface area (Å²) in [7, 11) is 0. The van der Waals surface area contributed by atoms with Crippen LogP contribution in [0, 0.1) is 0 Å². The molecule has 59 heavy (non-hydrogen) atoms. The molecule has 1 heterocycles. The monoisotopic (exact) mass is 823 g/mol. The highest BCUT2D eigenvalue weighted by Gasteiger charge is 2.44. The second-order valence-electron chi connectivity index (χ2n) is 14.0. The molecule has 1 saturated heterocycles. The van der Waals surface area contributed by atoms with Gasteiger partial charge in [0, 0.05) is 12.8 Å². The van der Waals surface area contributed by atoms with Crippen molar-refractivity contribution in [2.75, 3.05) is 19.8 Å². The van der Waals surface area contributed by atoms with E-state index >= 15 is 0 Å². The van der Waals surface area contributed by atoms with Gasteiger partial charge in [0.25, 0.3) is 0 Å². The lowest BCUT2D eigenvalue weighted by Crippen LogP contribution is -2.59. The number of aliphatic hydroxyl groups is 4. The lowest BCUT2D eigenvalue weighted by atomic mass is 9.99. The first-order valence-electron chi connectivity index (χ1n) is 21.6. The van der Waals surface area contributed by atoms with Gasteiger partial charge in [-0.3, -0.25) is 9.59 Å². The van der Waals surface area contributed by atoms with Gasteiger partial charge in [0.1, 0.15) is 31.0 Å². The van der Waals surface area contributed by atoms with Gasteiger partial charge in [0.05, 0.1) is 13.2 Å². The Morgan fingerprint density at radius 3 is 1.32 bits per heavy atom. The molecule has 6 atom stereocenters. The van der Waals surface area contributed by atoms with E-state index in [0.29, 0.717) is 25.7 Å². The Kier molecular flexibility index (Phi) is 34.5. The van der Waals surface area contributed by atoms with Crippen molar-refractivity contribution in [2.24, 2.45) is 0 Å². The average molecular weight is 823 g/mol. The number of esters is 2. The van der Waals surface area contributed by atoms with Gasteiger partial charge in [-0.2, -0.15) is 0 Å². The first-order valence-corrected chi connectivity index (χ1v) is 21.6. The van der Waals surface area contributed by atoms with E-state index in [1.807, 2.05) is 12.2 Å². The molecule has 1 fully saturated rings. The molecule has 0 spiro atoms. The lowest BCUT2D eigenvalue weighted by molar-refractivity contribution is -0.305. The van der Waals surface area contributed by atoms with Gasteiger partial charge in [0.2, 0.25) is 0 Å². The molecule has 1 aliphatic rings. The molecule has 4 N–H and O–H groups in total. The van der Waals surface area contributed by atoms with E-state index in [1.165, 1.54) is 0 Å². The second-order valence-corrected chi connectivity index (χ2v) is 14.0. The van der Waals surface area contributed by atoms with Crippen molar-refractivity contribution in [1.82, 2.24) is 0 Å². The van der Waals surface area contributed by atoms with Gasteiger partial charge < -0.3 is 39.4 Å². The third-order valence-electron chi connectivity index (χ3n) is 8.84. The Balaban J connectivity index is 2.45. The van der Waals surface area contributed by atoms with Crippen molar-refractivity contribution in [1.29, 1.82) is 0 Å². The third kappa shape index (κ3) is 29.9. The van der Waals surface area contributed by atoms with Gasteiger partial charge in [-0.1, -0.05) is 135 Å². The molecule has 0 unspecified atom stereocenters. The minimum atomic E-state index is -1.62. The predicted molar refractivity (Wildman–Crippen MR) is 237 cm³/mol. The molecule has 0 aliphatic carbocycles. The van der Waals surface area contributed by atoms with Crippen molar-refractivity contribution in [3.05, 3.63) is 122 Å². The SMILES string of the molecule is CC/C=C\C/C=C\C/C=C\C/C=C\C/C=C\CCCC(=O)OC[C@H](CO[C@@H]1O[C@H](CO)[C@H](O)[C@H](O)[C@H]1O)OC(=O)CCC/C=C\C/C=C\C/C=C\C/C=C\C/C=C\CC. The second kappa shape index (κ2) is 38.3. The number of ether oxygens (including phenoxy) is 4. The zero-order valence-corrected chi connectivity index (χ0v) is 35.7. The number of carbonyl (C=O) groups excluding carboxylic acids is 2. The number of allylic oxidation sites excluding steroid dienone is 20. The largest absolute Gasteiger partial charge is 0.462 e. The number of aliphatic hydroxyl groups excluding tert-OH is 4. The smallest absolute Gasteiger partial charge is 0.306 e. The fourth-order valence-corrected chi connectivity index (χ4v) is 5.49. The molecule has 1 rings (SSSR count).